The smallest absolute Gasteiger partial charge is 0.387 e. The molecule has 4 N–H and O–H groups in total. The Morgan fingerprint density at radius 1 is 1.21 bits per heavy atom. The molecular weight excluding hydrogens is 509 g/mol. The van der Waals surface area contributed by atoms with Crippen LogP contribution in [0.5, 0.6) is 11.5 Å². The second-order valence-electron chi connectivity index (χ2n) is 9.78. The van der Waals surface area contributed by atoms with Gasteiger partial charge in [0.1, 0.15) is 22.4 Å². The lowest BCUT2D eigenvalue weighted by Gasteiger charge is -2.31. The Labute approximate surface area is 215 Å². The molecule has 9 nitrogen and oxygen atoms in total. The average molecular weight is 537 g/mol. The quantitative estimate of drug-likeness (QED) is 0.342. The topological polar surface area (TPSA) is 145 Å². The predicted molar refractivity (Wildman–Crippen MR) is 127 cm³/mol. The van der Waals surface area contributed by atoms with Crippen LogP contribution in [0.1, 0.15) is 44.2 Å². The number of alkyl halides is 2. The van der Waals surface area contributed by atoms with E-state index in [9.17, 15) is 28.6 Å². The van der Waals surface area contributed by atoms with Crippen LogP contribution < -0.4 is 15.2 Å². The number of carbonyl (C=O) groups is 2. The summed E-state index contributed by atoms with van der Waals surface area (Å²) in [6.45, 7) is 0.0569. The van der Waals surface area contributed by atoms with Crippen molar-refractivity contribution < 1.29 is 46.9 Å². The van der Waals surface area contributed by atoms with E-state index in [0.29, 0.717) is 18.1 Å². The van der Waals surface area contributed by atoms with Crippen molar-refractivity contribution in [2.45, 2.75) is 45.8 Å². The van der Waals surface area contributed by atoms with Gasteiger partial charge in [-0.25, -0.2) is 9.37 Å². The number of hydrogen-bond acceptors (Lipinski definition) is 7. The van der Waals surface area contributed by atoms with E-state index in [0.717, 1.165) is 31.1 Å². The number of oxazole rings is 1. The number of aromatic nitrogens is 1. The van der Waals surface area contributed by atoms with E-state index in [1.807, 2.05) is 0 Å². The van der Waals surface area contributed by atoms with Gasteiger partial charge in [-0.2, -0.15) is 8.78 Å². The molecule has 0 amide bonds. The fourth-order valence-electron chi connectivity index (χ4n) is 4.03. The Morgan fingerprint density at radius 2 is 1.92 bits per heavy atom. The van der Waals surface area contributed by atoms with Gasteiger partial charge in [0.15, 0.2) is 11.5 Å². The molecule has 12 heteroatoms. The molecule has 3 atom stereocenters. The highest BCUT2D eigenvalue weighted by Crippen LogP contribution is 2.44. The number of carboxylic acids is 2. The highest BCUT2D eigenvalue weighted by Gasteiger charge is 2.48. The molecule has 0 spiro atoms. The zero-order valence-corrected chi connectivity index (χ0v) is 20.6. The highest BCUT2D eigenvalue weighted by atomic mass is 19.3. The number of rotatable bonds is 11. The molecule has 204 valence electrons. The van der Waals surface area contributed by atoms with Gasteiger partial charge in [-0.05, 0) is 56.9 Å². The fourth-order valence-corrected chi connectivity index (χ4v) is 4.03. The molecule has 4 rings (SSSR count). The lowest BCUT2D eigenvalue weighted by molar-refractivity contribution is -0.147. The maximum Gasteiger partial charge on any atom is 0.387 e. The predicted octanol–water partition coefficient (Wildman–Crippen LogP) is 4.88. The maximum atomic E-state index is 15.3. The van der Waals surface area contributed by atoms with Crippen molar-refractivity contribution in [3.63, 3.8) is 0 Å². The minimum absolute atomic E-state index is 0.0211. The Bertz CT molecular complexity index is 1300. The van der Waals surface area contributed by atoms with Crippen LogP contribution >= 0.6 is 0 Å². The van der Waals surface area contributed by atoms with Gasteiger partial charge in [0.25, 0.3) is 0 Å². The Morgan fingerprint density at radius 3 is 2.47 bits per heavy atom. The fraction of sp³-hybridized carbons (Fsp3) is 0.423. The first-order chi connectivity index (χ1) is 17.8. The number of benzene rings is 1. The van der Waals surface area contributed by atoms with Crippen molar-refractivity contribution in [1.82, 2.24) is 4.98 Å². The molecule has 0 aliphatic heterocycles. The van der Waals surface area contributed by atoms with E-state index in [4.69, 9.17) is 14.9 Å². The molecule has 2 unspecified atom stereocenters. The molecule has 38 heavy (non-hydrogen) atoms. The lowest BCUT2D eigenvalue weighted by atomic mass is 9.72. The summed E-state index contributed by atoms with van der Waals surface area (Å²) in [6.07, 6.45) is 4.29. The highest BCUT2D eigenvalue weighted by molar-refractivity contribution is 5.85. The first-order valence-electron chi connectivity index (χ1n) is 11.9. The third-order valence-corrected chi connectivity index (χ3v) is 6.57. The van der Waals surface area contributed by atoms with Crippen molar-refractivity contribution in [2.24, 2.45) is 22.5 Å². The number of hydrogen-bond donors (Lipinski definition) is 3. The van der Waals surface area contributed by atoms with Crippen molar-refractivity contribution in [3.8, 4) is 23.0 Å². The molecule has 1 saturated carbocycles. The number of carboxylic acid groups (broad SMARTS) is 2. The summed E-state index contributed by atoms with van der Waals surface area (Å²) < 4.78 is 57.1. The van der Waals surface area contributed by atoms with Crippen LogP contribution in [0.25, 0.3) is 11.5 Å². The van der Waals surface area contributed by atoms with Gasteiger partial charge in [-0.3, -0.25) is 9.59 Å². The van der Waals surface area contributed by atoms with Crippen molar-refractivity contribution in [3.05, 3.63) is 53.7 Å². The van der Waals surface area contributed by atoms with Crippen LogP contribution in [0.15, 0.2) is 46.7 Å². The summed E-state index contributed by atoms with van der Waals surface area (Å²) in [4.78, 5) is 28.2. The maximum absolute atomic E-state index is 15.3. The molecule has 1 aromatic heterocycles. The van der Waals surface area contributed by atoms with Crippen molar-refractivity contribution in [1.29, 1.82) is 0 Å². The van der Waals surface area contributed by atoms with E-state index in [1.165, 1.54) is 25.1 Å². The summed E-state index contributed by atoms with van der Waals surface area (Å²) in [5, 5.41) is 19.4. The van der Waals surface area contributed by atoms with Crippen LogP contribution in [0, 0.1) is 16.7 Å². The van der Waals surface area contributed by atoms with Gasteiger partial charge >= 0.3 is 18.6 Å². The molecule has 2 aromatic rings. The second-order valence-corrected chi connectivity index (χ2v) is 9.78. The minimum atomic E-state index is -3.07. The zero-order valence-electron chi connectivity index (χ0n) is 20.6. The number of halogens is 3. The van der Waals surface area contributed by atoms with Gasteiger partial charge < -0.3 is 29.8 Å². The molecule has 2 aliphatic carbocycles. The number of nitrogens with zero attached hydrogens (tertiary/aromatic N) is 1. The van der Waals surface area contributed by atoms with Gasteiger partial charge in [0.2, 0.25) is 5.89 Å². The number of nitrogens with two attached hydrogens (primary N) is 1. The van der Waals surface area contributed by atoms with Crippen LogP contribution in [0.4, 0.5) is 13.2 Å². The molecule has 1 heterocycles. The molecule has 0 saturated heterocycles. The first-order valence-corrected chi connectivity index (χ1v) is 11.9. The lowest BCUT2D eigenvalue weighted by Crippen LogP contribution is -2.38. The third kappa shape index (κ3) is 5.40. The first kappa shape index (κ1) is 27.2. The molecule has 1 fully saturated rings. The van der Waals surface area contributed by atoms with Gasteiger partial charge in [-0.1, -0.05) is 12.2 Å². The monoisotopic (exact) mass is 536 g/mol. The van der Waals surface area contributed by atoms with Crippen LogP contribution in [-0.2, 0) is 16.0 Å². The largest absolute Gasteiger partial charge is 0.489 e. The van der Waals surface area contributed by atoms with Gasteiger partial charge in [0.05, 0.1) is 18.3 Å². The standard InChI is InChI=1S/C26H27F3N2O7/c1-13(30)20-16(10-26(23(34)35)8-7-25(2,22(32)33)11-19(26)27)31-21(38-20)15-5-6-17(37-24(28)29)18(9-15)36-12-14-3-4-14/h5-9,11,13-14,24H,3-4,10,12,30H2,1-2H3,(H,32,33)(H,34,35)/t13?,25?,26-/m0/s1. The van der Waals surface area contributed by atoms with E-state index >= 15 is 4.39 Å². The summed E-state index contributed by atoms with van der Waals surface area (Å²) in [7, 11) is 0. The summed E-state index contributed by atoms with van der Waals surface area (Å²) in [6, 6.07) is 3.33. The zero-order chi connectivity index (χ0) is 27.8. The Kier molecular flexibility index (Phi) is 7.29. The van der Waals surface area contributed by atoms with Crippen LogP contribution in [0.3, 0.4) is 0 Å². The number of aliphatic carboxylic acids is 2. The number of ether oxygens (including phenoxy) is 2. The SMILES string of the molecule is CC(N)c1oc(-c2ccc(OC(F)F)c(OCC3CC3)c2)nc1C[C@@]1(C(=O)O)C=CC(C)(C(=O)O)C=C1F. The van der Waals surface area contributed by atoms with E-state index < -0.39 is 47.7 Å². The summed E-state index contributed by atoms with van der Waals surface area (Å²) in [5.41, 5.74) is 2.42. The molecule has 2 aliphatic rings. The molecular formula is C26H27F3N2O7. The van der Waals surface area contributed by atoms with Gasteiger partial charge in [0, 0.05) is 12.0 Å². The summed E-state index contributed by atoms with van der Waals surface area (Å²) in [5.74, 6) is -3.79. The van der Waals surface area contributed by atoms with Gasteiger partial charge in [-0.15, -0.1) is 0 Å². The van der Waals surface area contributed by atoms with E-state index in [1.54, 1.807) is 6.92 Å². The van der Waals surface area contributed by atoms with E-state index in [-0.39, 0.29) is 28.8 Å². The molecule has 1 aromatic carbocycles. The minimum Gasteiger partial charge on any atom is -0.489 e. The van der Waals surface area contributed by atoms with Crippen LogP contribution in [0.2, 0.25) is 0 Å². The second kappa shape index (κ2) is 10.2. The third-order valence-electron chi connectivity index (χ3n) is 6.57. The molecule has 0 bridgehead atoms. The van der Waals surface area contributed by atoms with E-state index in [2.05, 4.69) is 9.72 Å². The van der Waals surface area contributed by atoms with Crippen molar-refractivity contribution >= 4 is 11.9 Å². The van der Waals surface area contributed by atoms with Crippen LogP contribution in [-0.4, -0.2) is 40.4 Å². The Hall–Kier alpha value is -3.80. The van der Waals surface area contributed by atoms with Crippen molar-refractivity contribution in [2.75, 3.05) is 6.61 Å². The Balaban J connectivity index is 1.71. The molecule has 0 radical (unpaired) electrons. The average Bonchev–Trinajstić information content (AvgIpc) is 3.57. The summed E-state index contributed by atoms with van der Waals surface area (Å²) >= 11 is 0. The normalized spacial score (nSPS) is 23.7.